The van der Waals surface area contributed by atoms with E-state index in [2.05, 4.69) is 19.9 Å². The summed E-state index contributed by atoms with van der Waals surface area (Å²) < 4.78 is 5.30. The molecule has 100 valence electrons. The van der Waals surface area contributed by atoms with Gasteiger partial charge in [0, 0.05) is 25.3 Å². The van der Waals surface area contributed by atoms with Gasteiger partial charge in [0.15, 0.2) is 0 Å². The molecule has 0 aromatic heterocycles. The Hall–Kier alpha value is -1.08. The van der Waals surface area contributed by atoms with E-state index in [1.165, 1.54) is 0 Å². The molecule has 2 heterocycles. The van der Waals surface area contributed by atoms with Crippen molar-refractivity contribution in [2.45, 2.75) is 58.0 Å². The quantitative estimate of drug-likeness (QED) is 0.754. The van der Waals surface area contributed by atoms with Crippen LogP contribution >= 0.6 is 0 Å². The Morgan fingerprint density at radius 3 is 2.67 bits per heavy atom. The van der Waals surface area contributed by atoms with E-state index in [0.29, 0.717) is 32.1 Å². The van der Waals surface area contributed by atoms with Crippen LogP contribution < -0.4 is 0 Å². The van der Waals surface area contributed by atoms with Gasteiger partial charge in [-0.1, -0.05) is 6.92 Å². The second-order valence-corrected chi connectivity index (χ2v) is 5.51. The summed E-state index contributed by atoms with van der Waals surface area (Å²) in [5.74, 6) is 0.0464. The molecule has 2 atom stereocenters. The van der Waals surface area contributed by atoms with Gasteiger partial charge in [-0.25, -0.2) is 0 Å². The van der Waals surface area contributed by atoms with Crippen molar-refractivity contribution in [3.63, 3.8) is 0 Å². The zero-order chi connectivity index (χ0) is 13.2. The minimum Gasteiger partial charge on any atom is -0.381 e. The molecule has 4 nitrogen and oxygen atoms in total. The Bertz CT molecular complexity index is 355. The predicted octanol–water partition coefficient (Wildman–Crippen LogP) is 2.10. The Balaban J connectivity index is 2.20. The molecule has 2 unspecified atom stereocenters. The fourth-order valence-electron chi connectivity index (χ4n) is 3.18. The molecule has 2 fully saturated rings. The summed E-state index contributed by atoms with van der Waals surface area (Å²) in [6.45, 7) is 5.26. The lowest BCUT2D eigenvalue weighted by molar-refractivity contribution is -0.146. The van der Waals surface area contributed by atoms with Gasteiger partial charge in [-0.15, -0.1) is 0 Å². The van der Waals surface area contributed by atoms with Gasteiger partial charge >= 0.3 is 0 Å². The van der Waals surface area contributed by atoms with Crippen LogP contribution in [0.2, 0.25) is 0 Å². The van der Waals surface area contributed by atoms with E-state index >= 15 is 0 Å². The topological polar surface area (TPSA) is 53.3 Å². The van der Waals surface area contributed by atoms with Crippen LogP contribution in [0.25, 0.3) is 0 Å². The van der Waals surface area contributed by atoms with Crippen LogP contribution in [0.15, 0.2) is 0 Å². The first kappa shape index (κ1) is 13.4. The van der Waals surface area contributed by atoms with Crippen molar-refractivity contribution in [2.75, 3.05) is 13.2 Å². The van der Waals surface area contributed by atoms with Gasteiger partial charge in [0.25, 0.3) is 0 Å². The molecule has 18 heavy (non-hydrogen) atoms. The molecule has 0 aliphatic carbocycles. The van der Waals surface area contributed by atoms with Crippen LogP contribution in [-0.4, -0.2) is 36.1 Å². The molecular weight excluding hydrogens is 228 g/mol. The summed E-state index contributed by atoms with van der Waals surface area (Å²) in [5, 5.41) is 9.46. The van der Waals surface area contributed by atoms with Crippen LogP contribution in [0.5, 0.6) is 0 Å². The Kier molecular flexibility index (Phi) is 3.91. The van der Waals surface area contributed by atoms with Crippen molar-refractivity contribution in [1.82, 2.24) is 4.90 Å². The highest BCUT2D eigenvalue weighted by Crippen LogP contribution is 2.37. The van der Waals surface area contributed by atoms with Gasteiger partial charge in [0.1, 0.15) is 5.41 Å². The third kappa shape index (κ3) is 2.12. The van der Waals surface area contributed by atoms with E-state index in [0.717, 1.165) is 19.3 Å². The maximum atomic E-state index is 12.8. The minimum atomic E-state index is -0.829. The molecule has 0 bridgehead atoms. The number of amides is 1. The number of nitriles is 1. The standard InChI is InChI=1S/C14H22N2O2/c1-3-12-5-4-11(2)16(12)13(17)14(10-15)6-8-18-9-7-14/h11-12H,3-9H2,1-2H3. The molecule has 4 heteroatoms. The maximum absolute atomic E-state index is 12.8. The maximum Gasteiger partial charge on any atom is 0.243 e. The largest absolute Gasteiger partial charge is 0.381 e. The number of rotatable bonds is 2. The van der Waals surface area contributed by atoms with Crippen LogP contribution in [0, 0.1) is 16.7 Å². The van der Waals surface area contributed by atoms with Gasteiger partial charge in [0.05, 0.1) is 6.07 Å². The third-order valence-electron chi connectivity index (χ3n) is 4.46. The highest BCUT2D eigenvalue weighted by Gasteiger charge is 2.47. The molecule has 0 radical (unpaired) electrons. The molecule has 0 aromatic carbocycles. The smallest absolute Gasteiger partial charge is 0.243 e. The average Bonchev–Trinajstić information content (AvgIpc) is 2.79. The fourth-order valence-corrected chi connectivity index (χ4v) is 3.18. The molecule has 2 saturated heterocycles. The number of hydrogen-bond acceptors (Lipinski definition) is 3. The first-order chi connectivity index (χ1) is 8.64. The van der Waals surface area contributed by atoms with Crippen molar-refractivity contribution in [1.29, 1.82) is 5.26 Å². The summed E-state index contributed by atoms with van der Waals surface area (Å²) in [6.07, 6.45) is 4.20. The molecule has 2 aliphatic rings. The highest BCUT2D eigenvalue weighted by atomic mass is 16.5. The second-order valence-electron chi connectivity index (χ2n) is 5.51. The average molecular weight is 250 g/mol. The van der Waals surface area contributed by atoms with E-state index in [1.54, 1.807) is 0 Å². The monoisotopic (exact) mass is 250 g/mol. The van der Waals surface area contributed by atoms with Gasteiger partial charge in [-0.2, -0.15) is 5.26 Å². The van der Waals surface area contributed by atoms with Crippen LogP contribution in [0.3, 0.4) is 0 Å². The molecule has 1 amide bonds. The lowest BCUT2D eigenvalue weighted by atomic mass is 9.80. The SMILES string of the molecule is CCC1CCC(C)N1C(=O)C1(C#N)CCOCC1. The van der Waals surface area contributed by atoms with Gasteiger partial charge < -0.3 is 9.64 Å². The summed E-state index contributed by atoms with van der Waals surface area (Å²) >= 11 is 0. The van der Waals surface area contributed by atoms with Gasteiger partial charge in [0.2, 0.25) is 5.91 Å². The van der Waals surface area contributed by atoms with Crippen molar-refractivity contribution in [3.05, 3.63) is 0 Å². The highest BCUT2D eigenvalue weighted by molar-refractivity contribution is 5.86. The molecule has 0 spiro atoms. The van der Waals surface area contributed by atoms with Crippen molar-refractivity contribution >= 4 is 5.91 Å². The lowest BCUT2D eigenvalue weighted by Gasteiger charge is -2.37. The number of carbonyl (C=O) groups is 1. The molecule has 0 aromatic rings. The Morgan fingerprint density at radius 2 is 2.11 bits per heavy atom. The summed E-state index contributed by atoms with van der Waals surface area (Å²) in [4.78, 5) is 14.8. The zero-order valence-corrected chi connectivity index (χ0v) is 11.3. The predicted molar refractivity (Wildman–Crippen MR) is 67.7 cm³/mol. The van der Waals surface area contributed by atoms with Crippen molar-refractivity contribution in [3.8, 4) is 6.07 Å². The first-order valence-electron chi connectivity index (χ1n) is 6.96. The number of nitrogens with zero attached hydrogens (tertiary/aromatic N) is 2. The number of ether oxygens (including phenoxy) is 1. The van der Waals surface area contributed by atoms with Gasteiger partial charge in [-0.05, 0) is 39.0 Å². The summed E-state index contributed by atoms with van der Waals surface area (Å²) in [5.41, 5.74) is -0.829. The Morgan fingerprint density at radius 1 is 1.44 bits per heavy atom. The van der Waals surface area contributed by atoms with Crippen molar-refractivity contribution < 1.29 is 9.53 Å². The first-order valence-corrected chi connectivity index (χ1v) is 6.96. The number of carbonyl (C=O) groups excluding carboxylic acids is 1. The summed E-state index contributed by atoms with van der Waals surface area (Å²) in [7, 11) is 0. The fraction of sp³-hybridized carbons (Fsp3) is 0.857. The van der Waals surface area contributed by atoms with Crippen LogP contribution in [-0.2, 0) is 9.53 Å². The lowest BCUT2D eigenvalue weighted by Crippen LogP contribution is -2.50. The molecular formula is C14H22N2O2. The summed E-state index contributed by atoms with van der Waals surface area (Å²) in [6, 6.07) is 2.88. The molecule has 0 saturated carbocycles. The van der Waals surface area contributed by atoms with E-state index in [1.807, 2.05) is 4.90 Å². The number of likely N-dealkylation sites (tertiary alicyclic amines) is 1. The normalized spacial score (nSPS) is 31.1. The van der Waals surface area contributed by atoms with E-state index in [9.17, 15) is 10.1 Å². The van der Waals surface area contributed by atoms with E-state index in [4.69, 9.17) is 4.74 Å². The number of hydrogen-bond donors (Lipinski definition) is 0. The molecule has 2 aliphatic heterocycles. The zero-order valence-electron chi connectivity index (χ0n) is 11.3. The van der Waals surface area contributed by atoms with E-state index < -0.39 is 5.41 Å². The van der Waals surface area contributed by atoms with Gasteiger partial charge in [-0.3, -0.25) is 4.79 Å². The van der Waals surface area contributed by atoms with Crippen molar-refractivity contribution in [2.24, 2.45) is 5.41 Å². The van der Waals surface area contributed by atoms with Crippen LogP contribution in [0.4, 0.5) is 0 Å². The molecule has 2 rings (SSSR count). The molecule has 0 N–H and O–H groups in total. The minimum absolute atomic E-state index is 0.0464. The van der Waals surface area contributed by atoms with Crippen LogP contribution in [0.1, 0.15) is 46.0 Å². The Labute approximate surface area is 109 Å². The van der Waals surface area contributed by atoms with E-state index in [-0.39, 0.29) is 11.9 Å². The third-order valence-corrected chi connectivity index (χ3v) is 4.46. The second kappa shape index (κ2) is 5.27.